The highest BCUT2D eigenvalue weighted by Gasteiger charge is 2.14. The van der Waals surface area contributed by atoms with Gasteiger partial charge < -0.3 is 9.64 Å². The van der Waals surface area contributed by atoms with Gasteiger partial charge >= 0.3 is 0 Å². The summed E-state index contributed by atoms with van der Waals surface area (Å²) in [6, 6.07) is 3.65. The average molecular weight is 304 g/mol. The Morgan fingerprint density at radius 3 is 2.71 bits per heavy atom. The van der Waals surface area contributed by atoms with E-state index in [9.17, 15) is 4.79 Å². The second kappa shape index (κ2) is 6.19. The molecular formula is C14H16N4O2S. The lowest BCUT2D eigenvalue weighted by Crippen LogP contribution is -2.36. The number of hydrogen-bond acceptors (Lipinski definition) is 6. The molecule has 0 aromatic carbocycles. The number of rotatable bonds is 3. The van der Waals surface area contributed by atoms with Crippen molar-refractivity contribution in [2.75, 3.05) is 36.5 Å². The van der Waals surface area contributed by atoms with Gasteiger partial charge in [-0.05, 0) is 19.1 Å². The highest BCUT2D eigenvalue weighted by atomic mass is 32.1. The number of hydrogen-bond donors (Lipinski definition) is 1. The maximum absolute atomic E-state index is 12.1. The number of carbonyl (C=O) groups is 1. The van der Waals surface area contributed by atoms with Crippen molar-refractivity contribution in [3.63, 3.8) is 0 Å². The molecule has 0 unspecified atom stereocenters. The summed E-state index contributed by atoms with van der Waals surface area (Å²) >= 11 is 1.45. The van der Waals surface area contributed by atoms with E-state index in [0.717, 1.165) is 23.8 Å². The van der Waals surface area contributed by atoms with Crippen molar-refractivity contribution in [1.82, 2.24) is 9.97 Å². The fraction of sp³-hybridized carbons (Fsp3) is 0.357. The van der Waals surface area contributed by atoms with Crippen LogP contribution in [0, 0.1) is 6.92 Å². The van der Waals surface area contributed by atoms with Gasteiger partial charge in [0.15, 0.2) is 5.13 Å². The van der Waals surface area contributed by atoms with Crippen molar-refractivity contribution in [3.05, 3.63) is 35.0 Å². The van der Waals surface area contributed by atoms with Crippen LogP contribution in [0.2, 0.25) is 0 Å². The minimum atomic E-state index is -0.189. The van der Waals surface area contributed by atoms with Crippen LogP contribution in [0.25, 0.3) is 0 Å². The van der Waals surface area contributed by atoms with Crippen LogP contribution in [0.4, 0.5) is 10.9 Å². The maximum atomic E-state index is 12.1. The smallest absolute Gasteiger partial charge is 0.259 e. The van der Waals surface area contributed by atoms with E-state index in [1.807, 2.05) is 13.0 Å². The van der Waals surface area contributed by atoms with Crippen LogP contribution >= 0.6 is 11.3 Å². The van der Waals surface area contributed by atoms with E-state index in [2.05, 4.69) is 20.2 Å². The molecule has 0 aliphatic carbocycles. The molecule has 0 spiro atoms. The lowest BCUT2D eigenvalue weighted by molar-refractivity contribution is 0.102. The molecular weight excluding hydrogens is 288 g/mol. The first-order valence-electron chi connectivity index (χ1n) is 6.75. The molecule has 0 saturated carbocycles. The lowest BCUT2D eigenvalue weighted by Gasteiger charge is -2.27. The van der Waals surface area contributed by atoms with Gasteiger partial charge in [-0.3, -0.25) is 10.1 Å². The Labute approximate surface area is 126 Å². The summed E-state index contributed by atoms with van der Waals surface area (Å²) in [7, 11) is 0. The van der Waals surface area contributed by atoms with Crippen LogP contribution in [0.5, 0.6) is 0 Å². The minimum Gasteiger partial charge on any atom is -0.378 e. The first kappa shape index (κ1) is 14.0. The molecule has 1 aliphatic rings. The molecule has 7 heteroatoms. The zero-order chi connectivity index (χ0) is 14.7. The highest BCUT2D eigenvalue weighted by molar-refractivity contribution is 7.15. The second-order valence-electron chi connectivity index (χ2n) is 4.73. The van der Waals surface area contributed by atoms with Crippen LogP contribution in [0.1, 0.15) is 15.2 Å². The standard InChI is InChI=1S/C14H16N4O2S/c1-10-8-16-14(21-10)17-13(19)11-2-3-12(15-9-11)18-4-6-20-7-5-18/h2-3,8-9H,4-7H2,1H3,(H,16,17,19). The number of nitrogens with one attached hydrogen (secondary N) is 1. The van der Waals surface area contributed by atoms with Crippen molar-refractivity contribution in [3.8, 4) is 0 Å². The lowest BCUT2D eigenvalue weighted by atomic mass is 10.2. The maximum Gasteiger partial charge on any atom is 0.259 e. The van der Waals surface area contributed by atoms with Gasteiger partial charge in [0.25, 0.3) is 5.91 Å². The van der Waals surface area contributed by atoms with Crippen LogP contribution in [0.3, 0.4) is 0 Å². The number of pyridine rings is 1. The van der Waals surface area contributed by atoms with Crippen LogP contribution in [-0.2, 0) is 4.74 Å². The number of anilines is 2. The highest BCUT2D eigenvalue weighted by Crippen LogP contribution is 2.18. The molecule has 21 heavy (non-hydrogen) atoms. The van der Waals surface area contributed by atoms with Gasteiger partial charge in [0.1, 0.15) is 5.82 Å². The molecule has 0 atom stereocenters. The zero-order valence-electron chi connectivity index (χ0n) is 11.7. The molecule has 1 N–H and O–H groups in total. The monoisotopic (exact) mass is 304 g/mol. The van der Waals surface area contributed by atoms with E-state index < -0.39 is 0 Å². The fourth-order valence-corrected chi connectivity index (χ4v) is 2.74. The molecule has 0 bridgehead atoms. The molecule has 3 heterocycles. The van der Waals surface area contributed by atoms with Crippen molar-refractivity contribution < 1.29 is 9.53 Å². The quantitative estimate of drug-likeness (QED) is 0.938. The first-order valence-corrected chi connectivity index (χ1v) is 7.56. The van der Waals surface area contributed by atoms with Crippen molar-refractivity contribution in [2.24, 2.45) is 0 Å². The van der Waals surface area contributed by atoms with Crippen LogP contribution in [-0.4, -0.2) is 42.2 Å². The summed E-state index contributed by atoms with van der Waals surface area (Å²) in [5, 5.41) is 3.38. The van der Waals surface area contributed by atoms with E-state index in [4.69, 9.17) is 4.74 Å². The summed E-state index contributed by atoms with van der Waals surface area (Å²) in [6.45, 7) is 5.04. The molecule has 2 aromatic rings. The van der Waals surface area contributed by atoms with Crippen molar-refractivity contribution >= 4 is 28.2 Å². The molecule has 2 aromatic heterocycles. The summed E-state index contributed by atoms with van der Waals surface area (Å²) in [4.78, 5) is 23.8. The average Bonchev–Trinajstić information content (AvgIpc) is 2.93. The molecule has 6 nitrogen and oxygen atoms in total. The number of nitrogens with zero attached hydrogens (tertiary/aromatic N) is 3. The van der Waals surface area contributed by atoms with Gasteiger partial charge in [-0.1, -0.05) is 0 Å². The Morgan fingerprint density at radius 2 is 2.10 bits per heavy atom. The number of morpholine rings is 1. The van der Waals surface area contributed by atoms with Gasteiger partial charge in [-0.25, -0.2) is 9.97 Å². The molecule has 110 valence electrons. The third kappa shape index (κ3) is 3.37. The molecule has 3 rings (SSSR count). The van der Waals surface area contributed by atoms with E-state index in [1.54, 1.807) is 18.5 Å². The third-order valence-electron chi connectivity index (χ3n) is 3.19. The SMILES string of the molecule is Cc1cnc(NC(=O)c2ccc(N3CCOCC3)nc2)s1. The Kier molecular flexibility index (Phi) is 4.12. The number of aromatic nitrogens is 2. The zero-order valence-corrected chi connectivity index (χ0v) is 12.5. The van der Waals surface area contributed by atoms with Crippen molar-refractivity contribution in [2.45, 2.75) is 6.92 Å². The molecule has 1 fully saturated rings. The van der Waals surface area contributed by atoms with E-state index in [0.29, 0.717) is 23.9 Å². The van der Waals surface area contributed by atoms with E-state index >= 15 is 0 Å². The topological polar surface area (TPSA) is 67.4 Å². The predicted octanol–water partition coefficient (Wildman–Crippen LogP) is 1.94. The van der Waals surface area contributed by atoms with E-state index in [1.165, 1.54) is 11.3 Å². The Morgan fingerprint density at radius 1 is 1.29 bits per heavy atom. The largest absolute Gasteiger partial charge is 0.378 e. The Balaban J connectivity index is 1.67. The van der Waals surface area contributed by atoms with Crippen LogP contribution in [0.15, 0.2) is 24.5 Å². The van der Waals surface area contributed by atoms with Gasteiger partial charge in [0.05, 0.1) is 18.8 Å². The summed E-state index contributed by atoms with van der Waals surface area (Å²) < 4.78 is 5.31. The molecule has 0 radical (unpaired) electrons. The Hall–Kier alpha value is -1.99. The second-order valence-corrected chi connectivity index (χ2v) is 5.97. The summed E-state index contributed by atoms with van der Waals surface area (Å²) in [5.41, 5.74) is 0.528. The number of aryl methyl sites for hydroxylation is 1. The van der Waals surface area contributed by atoms with E-state index in [-0.39, 0.29) is 5.91 Å². The van der Waals surface area contributed by atoms with Gasteiger partial charge in [0, 0.05) is 30.4 Å². The fourth-order valence-electron chi connectivity index (χ4n) is 2.08. The van der Waals surface area contributed by atoms with Gasteiger partial charge in [-0.2, -0.15) is 0 Å². The summed E-state index contributed by atoms with van der Waals surface area (Å²) in [6.07, 6.45) is 3.33. The normalized spacial score (nSPS) is 15.0. The molecule has 1 saturated heterocycles. The van der Waals surface area contributed by atoms with Crippen LogP contribution < -0.4 is 10.2 Å². The molecule has 1 amide bonds. The third-order valence-corrected chi connectivity index (χ3v) is 4.02. The molecule has 1 aliphatic heterocycles. The number of thiazole rings is 1. The van der Waals surface area contributed by atoms with Gasteiger partial charge in [0.2, 0.25) is 0 Å². The number of ether oxygens (including phenoxy) is 1. The van der Waals surface area contributed by atoms with Crippen molar-refractivity contribution in [1.29, 1.82) is 0 Å². The Bertz CT molecular complexity index is 620. The minimum absolute atomic E-state index is 0.189. The first-order chi connectivity index (χ1) is 10.2. The van der Waals surface area contributed by atoms with Gasteiger partial charge in [-0.15, -0.1) is 11.3 Å². The summed E-state index contributed by atoms with van der Waals surface area (Å²) in [5.74, 6) is 0.685. The number of amides is 1. The predicted molar refractivity (Wildman–Crippen MR) is 82.1 cm³/mol. The number of carbonyl (C=O) groups excluding carboxylic acids is 1.